The Morgan fingerprint density at radius 3 is 2.85 bits per heavy atom. The molecule has 1 rings (SSSR count). The Bertz CT molecular complexity index is 517. The van der Waals surface area contributed by atoms with Gasteiger partial charge in [-0.15, -0.1) is 0 Å². The van der Waals surface area contributed by atoms with Gasteiger partial charge in [0.25, 0.3) is 0 Å². The lowest BCUT2D eigenvalue weighted by Crippen LogP contribution is -2.23. The number of benzene rings is 1. The molecule has 0 unspecified atom stereocenters. The van der Waals surface area contributed by atoms with Gasteiger partial charge in [-0.3, -0.25) is 4.79 Å². The maximum atomic E-state index is 13.6. The molecule has 108 valence electrons. The Hall–Kier alpha value is -1.82. The fourth-order valence-corrected chi connectivity index (χ4v) is 1.87. The predicted octanol–water partition coefficient (Wildman–Crippen LogP) is 2.29. The standard InChI is InChI=1S/C14H16FNO3S/c1-20-7-6-13(17)16-9-11-8-10(2-4-12(11)15)3-5-14(18)19/h2-5,8H,6-7,9H2,1H3,(H,16,17)(H,18,19). The number of carbonyl (C=O) groups is 2. The van der Waals surface area contributed by atoms with Crippen molar-refractivity contribution in [1.82, 2.24) is 5.32 Å². The lowest BCUT2D eigenvalue weighted by molar-refractivity contribution is -0.131. The topological polar surface area (TPSA) is 66.4 Å². The van der Waals surface area contributed by atoms with Crippen molar-refractivity contribution in [2.24, 2.45) is 0 Å². The third kappa shape index (κ3) is 5.88. The molecule has 1 aromatic carbocycles. The van der Waals surface area contributed by atoms with Gasteiger partial charge in [0.05, 0.1) is 0 Å². The Labute approximate surface area is 121 Å². The number of hydrogen-bond acceptors (Lipinski definition) is 3. The lowest BCUT2D eigenvalue weighted by Gasteiger charge is -2.07. The molecule has 0 bridgehead atoms. The van der Waals surface area contributed by atoms with Crippen LogP contribution >= 0.6 is 11.8 Å². The highest BCUT2D eigenvalue weighted by Crippen LogP contribution is 2.12. The zero-order valence-electron chi connectivity index (χ0n) is 11.1. The van der Waals surface area contributed by atoms with Gasteiger partial charge in [-0.25, -0.2) is 9.18 Å². The molecule has 0 aliphatic carbocycles. The van der Waals surface area contributed by atoms with Gasteiger partial charge in [-0.1, -0.05) is 6.07 Å². The van der Waals surface area contributed by atoms with E-state index in [4.69, 9.17) is 5.11 Å². The zero-order valence-corrected chi connectivity index (χ0v) is 11.9. The van der Waals surface area contributed by atoms with Gasteiger partial charge < -0.3 is 10.4 Å². The highest BCUT2D eigenvalue weighted by Gasteiger charge is 2.05. The van der Waals surface area contributed by atoms with Crippen LogP contribution in [-0.4, -0.2) is 29.0 Å². The second kappa shape index (κ2) is 8.37. The second-order valence-electron chi connectivity index (χ2n) is 4.04. The number of hydrogen-bond donors (Lipinski definition) is 2. The van der Waals surface area contributed by atoms with Gasteiger partial charge in [0.15, 0.2) is 0 Å². The molecular weight excluding hydrogens is 281 g/mol. The van der Waals surface area contributed by atoms with Crippen molar-refractivity contribution < 1.29 is 19.1 Å². The van der Waals surface area contributed by atoms with Gasteiger partial charge in [-0.2, -0.15) is 11.8 Å². The van der Waals surface area contributed by atoms with Crippen molar-refractivity contribution in [3.8, 4) is 0 Å². The van der Waals surface area contributed by atoms with Crippen LogP contribution in [0, 0.1) is 5.82 Å². The van der Waals surface area contributed by atoms with Crippen LogP contribution in [0.5, 0.6) is 0 Å². The minimum atomic E-state index is -1.07. The van der Waals surface area contributed by atoms with E-state index in [0.29, 0.717) is 17.5 Å². The van der Waals surface area contributed by atoms with Crippen molar-refractivity contribution in [3.63, 3.8) is 0 Å². The highest BCUT2D eigenvalue weighted by atomic mass is 32.2. The molecule has 0 aliphatic heterocycles. The predicted molar refractivity (Wildman–Crippen MR) is 77.9 cm³/mol. The molecule has 4 nitrogen and oxygen atoms in total. The first-order chi connectivity index (χ1) is 9.52. The number of carboxylic acids is 1. The first kappa shape index (κ1) is 16.2. The summed E-state index contributed by atoms with van der Waals surface area (Å²) in [5.41, 5.74) is 0.900. The molecular formula is C14H16FNO3S. The van der Waals surface area contributed by atoms with E-state index in [-0.39, 0.29) is 12.5 Å². The van der Waals surface area contributed by atoms with E-state index in [1.54, 1.807) is 11.8 Å². The number of rotatable bonds is 7. The van der Waals surface area contributed by atoms with E-state index in [2.05, 4.69) is 5.32 Å². The van der Waals surface area contributed by atoms with E-state index in [1.165, 1.54) is 24.3 Å². The van der Waals surface area contributed by atoms with Gasteiger partial charge in [0, 0.05) is 30.4 Å². The Balaban J connectivity index is 2.67. The fourth-order valence-electron chi connectivity index (χ4n) is 1.48. The zero-order chi connectivity index (χ0) is 15.0. The van der Waals surface area contributed by atoms with E-state index in [1.807, 2.05) is 6.26 Å². The van der Waals surface area contributed by atoms with Crippen molar-refractivity contribution in [3.05, 3.63) is 41.2 Å². The van der Waals surface area contributed by atoms with Crippen molar-refractivity contribution in [2.75, 3.05) is 12.0 Å². The smallest absolute Gasteiger partial charge is 0.328 e. The number of aliphatic carboxylic acids is 1. The normalized spacial score (nSPS) is 10.7. The number of halogens is 1. The van der Waals surface area contributed by atoms with Gasteiger partial charge in [0.1, 0.15) is 5.82 Å². The molecule has 0 saturated carbocycles. The molecule has 0 saturated heterocycles. The Morgan fingerprint density at radius 2 is 2.20 bits per heavy atom. The average molecular weight is 297 g/mol. The molecule has 0 aliphatic rings. The average Bonchev–Trinajstić information content (AvgIpc) is 2.42. The van der Waals surface area contributed by atoms with Crippen LogP contribution in [0.25, 0.3) is 6.08 Å². The summed E-state index contributed by atoms with van der Waals surface area (Å²) in [6, 6.07) is 4.25. The van der Waals surface area contributed by atoms with Crippen LogP contribution < -0.4 is 5.32 Å². The van der Waals surface area contributed by atoms with Crippen LogP contribution in [0.2, 0.25) is 0 Å². The first-order valence-electron chi connectivity index (χ1n) is 5.98. The fraction of sp³-hybridized carbons (Fsp3) is 0.286. The summed E-state index contributed by atoms with van der Waals surface area (Å²) < 4.78 is 13.6. The first-order valence-corrected chi connectivity index (χ1v) is 7.37. The summed E-state index contributed by atoms with van der Waals surface area (Å²) in [4.78, 5) is 21.9. The molecule has 0 aromatic heterocycles. The molecule has 1 amide bonds. The highest BCUT2D eigenvalue weighted by molar-refractivity contribution is 7.98. The summed E-state index contributed by atoms with van der Waals surface area (Å²) >= 11 is 1.57. The molecule has 0 spiro atoms. The molecule has 0 radical (unpaired) electrons. The molecule has 6 heteroatoms. The monoisotopic (exact) mass is 297 g/mol. The quantitative estimate of drug-likeness (QED) is 0.758. The Kier molecular flexibility index (Phi) is 6.79. The molecule has 1 aromatic rings. The summed E-state index contributed by atoms with van der Waals surface area (Å²) in [6.45, 7) is 0.0911. The van der Waals surface area contributed by atoms with Crippen molar-refractivity contribution in [1.29, 1.82) is 0 Å². The number of thioether (sulfide) groups is 1. The van der Waals surface area contributed by atoms with Crippen LogP contribution in [-0.2, 0) is 16.1 Å². The maximum absolute atomic E-state index is 13.6. The van der Waals surface area contributed by atoms with Crippen molar-refractivity contribution in [2.45, 2.75) is 13.0 Å². The van der Waals surface area contributed by atoms with Gasteiger partial charge in [-0.05, 0) is 30.0 Å². The van der Waals surface area contributed by atoms with Crippen molar-refractivity contribution >= 4 is 29.7 Å². The minimum absolute atomic E-state index is 0.0911. The number of amides is 1. The molecule has 0 atom stereocenters. The molecule has 0 heterocycles. The van der Waals surface area contributed by atoms with Crippen LogP contribution in [0.4, 0.5) is 4.39 Å². The number of nitrogens with one attached hydrogen (secondary N) is 1. The SMILES string of the molecule is CSCCC(=O)NCc1cc(C=CC(=O)O)ccc1F. The Morgan fingerprint density at radius 1 is 1.45 bits per heavy atom. The van der Waals surface area contributed by atoms with Gasteiger partial charge >= 0.3 is 5.97 Å². The van der Waals surface area contributed by atoms with E-state index >= 15 is 0 Å². The molecule has 2 N–H and O–H groups in total. The van der Waals surface area contributed by atoms with Gasteiger partial charge in [0.2, 0.25) is 5.91 Å². The summed E-state index contributed by atoms with van der Waals surface area (Å²) in [6.07, 6.45) is 4.65. The van der Waals surface area contributed by atoms with Crippen LogP contribution in [0.15, 0.2) is 24.3 Å². The summed E-state index contributed by atoms with van der Waals surface area (Å²) in [5, 5.41) is 11.2. The summed E-state index contributed by atoms with van der Waals surface area (Å²) in [5.74, 6) is -0.912. The molecule has 0 fully saturated rings. The summed E-state index contributed by atoms with van der Waals surface area (Å²) in [7, 11) is 0. The minimum Gasteiger partial charge on any atom is -0.478 e. The lowest BCUT2D eigenvalue weighted by atomic mass is 10.1. The maximum Gasteiger partial charge on any atom is 0.328 e. The molecule has 20 heavy (non-hydrogen) atoms. The largest absolute Gasteiger partial charge is 0.478 e. The van der Waals surface area contributed by atoms with E-state index in [9.17, 15) is 14.0 Å². The van der Waals surface area contributed by atoms with E-state index in [0.717, 1.165) is 11.8 Å². The van der Waals surface area contributed by atoms with Crippen LogP contribution in [0.3, 0.4) is 0 Å². The van der Waals surface area contributed by atoms with E-state index < -0.39 is 11.8 Å². The number of carboxylic acid groups (broad SMARTS) is 1. The third-order valence-electron chi connectivity index (χ3n) is 2.50. The van der Waals surface area contributed by atoms with Crippen LogP contribution in [0.1, 0.15) is 17.5 Å². The number of carbonyl (C=O) groups excluding carboxylic acids is 1. The third-order valence-corrected chi connectivity index (χ3v) is 3.11. The second-order valence-corrected chi connectivity index (χ2v) is 5.03.